The molecule has 1 heterocycles. The molecule has 1 amide bonds. The molecule has 0 saturated heterocycles. The van der Waals surface area contributed by atoms with Gasteiger partial charge >= 0.3 is 6.09 Å². The summed E-state index contributed by atoms with van der Waals surface area (Å²) in [6.45, 7) is 9.66. The molecule has 0 aliphatic heterocycles. The lowest BCUT2D eigenvalue weighted by Gasteiger charge is -2.19. The van der Waals surface area contributed by atoms with E-state index in [1.54, 1.807) is 0 Å². The third-order valence-corrected chi connectivity index (χ3v) is 4.17. The molecule has 1 aromatic carbocycles. The van der Waals surface area contributed by atoms with Crippen LogP contribution >= 0.6 is 0 Å². The number of carbonyl (C=O) groups is 1. The van der Waals surface area contributed by atoms with Gasteiger partial charge in [0.15, 0.2) is 11.8 Å². The Bertz CT molecular complexity index is 826. The number of benzene rings is 1. The highest BCUT2D eigenvalue weighted by Crippen LogP contribution is 2.06. The molecule has 30 heavy (non-hydrogen) atoms. The van der Waals surface area contributed by atoms with Gasteiger partial charge in [-0.1, -0.05) is 30.3 Å². The van der Waals surface area contributed by atoms with E-state index in [9.17, 15) is 4.79 Å². The SMILES string of the molecule is Cc1nnc(CNC(=NCc2ccccc2)NCCCNC(=O)OC(C)(C)C)n1C. The largest absolute Gasteiger partial charge is 0.444 e. The first-order valence-corrected chi connectivity index (χ1v) is 10.1. The summed E-state index contributed by atoms with van der Waals surface area (Å²) in [6, 6.07) is 10.1. The van der Waals surface area contributed by atoms with Gasteiger partial charge in [-0.15, -0.1) is 10.2 Å². The number of guanidine groups is 1. The van der Waals surface area contributed by atoms with Gasteiger partial charge in [-0.25, -0.2) is 9.79 Å². The molecular formula is C21H33N7O2. The van der Waals surface area contributed by atoms with Crippen molar-refractivity contribution in [1.82, 2.24) is 30.7 Å². The summed E-state index contributed by atoms with van der Waals surface area (Å²) in [5.41, 5.74) is 0.626. The minimum atomic E-state index is -0.498. The van der Waals surface area contributed by atoms with Gasteiger partial charge in [0, 0.05) is 20.1 Å². The van der Waals surface area contributed by atoms with Crippen molar-refractivity contribution in [3.63, 3.8) is 0 Å². The van der Waals surface area contributed by atoms with Crippen LogP contribution in [-0.2, 0) is 24.9 Å². The second-order valence-electron chi connectivity index (χ2n) is 7.94. The Morgan fingerprint density at radius 2 is 1.80 bits per heavy atom. The molecule has 2 rings (SSSR count). The molecule has 0 spiro atoms. The summed E-state index contributed by atoms with van der Waals surface area (Å²) in [6.07, 6.45) is 0.324. The topological polar surface area (TPSA) is 105 Å². The molecule has 0 aliphatic rings. The van der Waals surface area contributed by atoms with Crippen molar-refractivity contribution in [2.45, 2.75) is 52.8 Å². The van der Waals surface area contributed by atoms with Crippen molar-refractivity contribution in [3.8, 4) is 0 Å². The molecule has 0 aliphatic carbocycles. The Balaban J connectivity index is 1.84. The van der Waals surface area contributed by atoms with Crippen LogP contribution in [0.25, 0.3) is 0 Å². The number of ether oxygens (including phenoxy) is 1. The lowest BCUT2D eigenvalue weighted by molar-refractivity contribution is 0.0527. The number of hydrogen-bond acceptors (Lipinski definition) is 5. The number of aliphatic imine (C=N–C) groups is 1. The first-order valence-electron chi connectivity index (χ1n) is 10.1. The van der Waals surface area contributed by atoms with Gasteiger partial charge in [-0.05, 0) is 39.7 Å². The summed E-state index contributed by atoms with van der Waals surface area (Å²) in [7, 11) is 1.93. The maximum absolute atomic E-state index is 11.7. The van der Waals surface area contributed by atoms with Gasteiger partial charge in [-0.2, -0.15) is 0 Å². The number of nitrogens with zero attached hydrogens (tertiary/aromatic N) is 4. The van der Waals surface area contributed by atoms with Crippen molar-refractivity contribution < 1.29 is 9.53 Å². The Morgan fingerprint density at radius 1 is 1.10 bits per heavy atom. The molecule has 3 N–H and O–H groups in total. The number of amides is 1. The number of aryl methyl sites for hydroxylation is 1. The summed E-state index contributed by atoms with van der Waals surface area (Å²) >= 11 is 0. The van der Waals surface area contributed by atoms with E-state index in [1.807, 2.05) is 69.6 Å². The molecule has 1 aromatic heterocycles. The predicted molar refractivity (Wildman–Crippen MR) is 117 cm³/mol. The van der Waals surface area contributed by atoms with Crippen molar-refractivity contribution in [2.24, 2.45) is 12.0 Å². The quantitative estimate of drug-likeness (QED) is 0.347. The number of hydrogen-bond donors (Lipinski definition) is 3. The Kier molecular flexibility index (Phi) is 8.64. The monoisotopic (exact) mass is 415 g/mol. The summed E-state index contributed by atoms with van der Waals surface area (Å²) in [5.74, 6) is 2.36. The van der Waals surface area contributed by atoms with E-state index in [0.29, 0.717) is 32.1 Å². The molecule has 9 nitrogen and oxygen atoms in total. The Morgan fingerprint density at radius 3 is 2.43 bits per heavy atom. The second-order valence-corrected chi connectivity index (χ2v) is 7.94. The molecule has 0 saturated carbocycles. The minimum Gasteiger partial charge on any atom is -0.444 e. The minimum absolute atomic E-state index is 0.406. The van der Waals surface area contributed by atoms with Gasteiger partial charge in [0.05, 0.1) is 13.1 Å². The summed E-state index contributed by atoms with van der Waals surface area (Å²) in [5, 5.41) is 17.6. The predicted octanol–water partition coefficient (Wildman–Crippen LogP) is 2.27. The molecular weight excluding hydrogens is 382 g/mol. The van der Waals surface area contributed by atoms with E-state index in [0.717, 1.165) is 23.6 Å². The fourth-order valence-electron chi connectivity index (χ4n) is 2.50. The lowest BCUT2D eigenvalue weighted by atomic mass is 10.2. The van der Waals surface area contributed by atoms with Crippen LogP contribution in [-0.4, -0.2) is 45.5 Å². The van der Waals surface area contributed by atoms with Crippen molar-refractivity contribution >= 4 is 12.1 Å². The van der Waals surface area contributed by atoms with Crippen molar-refractivity contribution in [1.29, 1.82) is 0 Å². The molecule has 0 fully saturated rings. The zero-order valence-electron chi connectivity index (χ0n) is 18.5. The number of rotatable bonds is 8. The van der Waals surface area contributed by atoms with E-state index < -0.39 is 11.7 Å². The van der Waals surface area contributed by atoms with E-state index in [-0.39, 0.29) is 0 Å². The fourth-order valence-corrected chi connectivity index (χ4v) is 2.50. The standard InChI is InChI=1S/C21H33N7O2/c1-16-26-27-18(28(16)5)15-25-19(24-14-17-10-7-6-8-11-17)22-12-9-13-23-20(29)30-21(2,3)4/h6-8,10-11H,9,12-15H2,1-5H3,(H,23,29)(H2,22,24,25). The number of alkyl carbamates (subject to hydrolysis) is 1. The lowest BCUT2D eigenvalue weighted by Crippen LogP contribution is -2.39. The zero-order valence-corrected chi connectivity index (χ0v) is 18.5. The molecule has 2 aromatic rings. The van der Waals surface area contributed by atoms with Crippen LogP contribution in [0, 0.1) is 6.92 Å². The molecule has 0 unspecified atom stereocenters. The van der Waals surface area contributed by atoms with Crippen LogP contribution in [0.2, 0.25) is 0 Å². The third kappa shape index (κ3) is 8.50. The van der Waals surface area contributed by atoms with E-state index in [2.05, 4.69) is 31.1 Å². The van der Waals surface area contributed by atoms with Crippen LogP contribution in [0.3, 0.4) is 0 Å². The normalized spacial score (nSPS) is 11.8. The Hall–Kier alpha value is -3.10. The van der Waals surface area contributed by atoms with Gasteiger partial charge in [0.2, 0.25) is 0 Å². The van der Waals surface area contributed by atoms with Crippen LogP contribution in [0.4, 0.5) is 4.79 Å². The van der Waals surface area contributed by atoms with E-state index >= 15 is 0 Å². The first kappa shape index (κ1) is 23.2. The van der Waals surface area contributed by atoms with Crippen LogP contribution in [0.5, 0.6) is 0 Å². The van der Waals surface area contributed by atoms with Crippen LogP contribution in [0.1, 0.15) is 44.4 Å². The maximum atomic E-state index is 11.7. The third-order valence-electron chi connectivity index (χ3n) is 4.17. The number of nitrogens with one attached hydrogen (secondary N) is 3. The van der Waals surface area contributed by atoms with E-state index in [4.69, 9.17) is 4.74 Å². The first-order chi connectivity index (χ1) is 14.2. The smallest absolute Gasteiger partial charge is 0.407 e. The van der Waals surface area contributed by atoms with Gasteiger partial charge in [-0.3, -0.25) is 0 Å². The molecule has 164 valence electrons. The van der Waals surface area contributed by atoms with Gasteiger partial charge < -0.3 is 25.3 Å². The van der Waals surface area contributed by atoms with E-state index in [1.165, 1.54) is 0 Å². The average molecular weight is 416 g/mol. The highest BCUT2D eigenvalue weighted by atomic mass is 16.6. The molecule has 0 radical (unpaired) electrons. The fraction of sp³-hybridized carbons (Fsp3) is 0.524. The van der Waals surface area contributed by atoms with Gasteiger partial charge in [0.25, 0.3) is 0 Å². The number of aromatic nitrogens is 3. The van der Waals surface area contributed by atoms with Crippen LogP contribution < -0.4 is 16.0 Å². The molecule has 0 bridgehead atoms. The number of carbonyl (C=O) groups excluding carboxylic acids is 1. The highest BCUT2D eigenvalue weighted by molar-refractivity contribution is 5.79. The average Bonchev–Trinajstić information content (AvgIpc) is 3.00. The highest BCUT2D eigenvalue weighted by Gasteiger charge is 2.15. The Labute approximate surface area is 178 Å². The molecule has 0 atom stereocenters. The van der Waals surface area contributed by atoms with Crippen molar-refractivity contribution in [2.75, 3.05) is 13.1 Å². The molecule has 9 heteroatoms. The van der Waals surface area contributed by atoms with Crippen molar-refractivity contribution in [3.05, 3.63) is 47.5 Å². The summed E-state index contributed by atoms with van der Waals surface area (Å²) < 4.78 is 7.17. The maximum Gasteiger partial charge on any atom is 0.407 e. The second kappa shape index (κ2) is 11.2. The van der Waals surface area contributed by atoms with Gasteiger partial charge in [0.1, 0.15) is 11.4 Å². The zero-order chi connectivity index (χ0) is 22.0. The van der Waals surface area contributed by atoms with Crippen LogP contribution in [0.15, 0.2) is 35.3 Å². The summed E-state index contributed by atoms with van der Waals surface area (Å²) in [4.78, 5) is 16.4.